The highest BCUT2D eigenvalue weighted by Crippen LogP contribution is 2.16. The highest BCUT2D eigenvalue weighted by Gasteiger charge is 2.31. The smallest absolute Gasteiger partial charge is 0.245 e. The summed E-state index contributed by atoms with van der Waals surface area (Å²) < 4.78 is 0. The number of nitrogens with zero attached hydrogens (tertiary/aromatic N) is 1. The van der Waals surface area contributed by atoms with Crippen molar-refractivity contribution in [2.24, 2.45) is 0 Å². The van der Waals surface area contributed by atoms with Gasteiger partial charge in [-0.05, 0) is 19.8 Å². The summed E-state index contributed by atoms with van der Waals surface area (Å²) in [6, 6.07) is -0.864. The Morgan fingerprint density at radius 1 is 1.53 bits per heavy atom. The zero-order valence-electron chi connectivity index (χ0n) is 9.03. The van der Waals surface area contributed by atoms with Crippen LogP contribution in [0.2, 0.25) is 0 Å². The van der Waals surface area contributed by atoms with Crippen molar-refractivity contribution >= 4 is 18.1 Å². The Bertz CT molecular complexity index is 278. The minimum atomic E-state index is -0.553. The molecule has 0 bridgehead atoms. The fraction of sp³-hybridized carbons (Fsp3) is 0.700. The predicted molar refractivity (Wildman–Crippen MR) is 54.1 cm³/mol. The molecule has 84 valence electrons. The van der Waals surface area contributed by atoms with Gasteiger partial charge in [0.05, 0.1) is 6.04 Å². The fourth-order valence-electron chi connectivity index (χ4n) is 1.82. The molecule has 0 spiro atoms. The maximum absolute atomic E-state index is 11.8. The van der Waals surface area contributed by atoms with Crippen LogP contribution < -0.4 is 5.32 Å². The van der Waals surface area contributed by atoms with Crippen molar-refractivity contribution in [3.8, 4) is 0 Å². The number of hydrogen-bond acceptors (Lipinski definition) is 3. The molecule has 1 aliphatic heterocycles. The molecule has 1 N–H and O–H groups in total. The number of aldehydes is 1. The molecule has 1 fully saturated rings. The number of likely N-dealkylation sites (tertiary alicyclic amines) is 1. The van der Waals surface area contributed by atoms with Gasteiger partial charge in [-0.3, -0.25) is 9.59 Å². The number of rotatable bonds is 3. The van der Waals surface area contributed by atoms with Gasteiger partial charge in [0.15, 0.2) is 0 Å². The molecule has 1 heterocycles. The van der Waals surface area contributed by atoms with Crippen molar-refractivity contribution in [2.45, 2.75) is 38.8 Å². The third-order valence-corrected chi connectivity index (χ3v) is 2.53. The van der Waals surface area contributed by atoms with E-state index in [9.17, 15) is 14.4 Å². The fourth-order valence-corrected chi connectivity index (χ4v) is 1.82. The summed E-state index contributed by atoms with van der Waals surface area (Å²) in [5, 5.41) is 2.52. The molecule has 1 aliphatic rings. The molecular weight excluding hydrogens is 196 g/mol. The third kappa shape index (κ3) is 2.78. The zero-order valence-corrected chi connectivity index (χ0v) is 9.03. The minimum Gasteiger partial charge on any atom is -0.345 e. The maximum Gasteiger partial charge on any atom is 0.245 e. The second kappa shape index (κ2) is 4.91. The number of carbonyl (C=O) groups excluding carboxylic acids is 3. The van der Waals surface area contributed by atoms with Gasteiger partial charge in [-0.2, -0.15) is 0 Å². The minimum absolute atomic E-state index is 0.181. The molecule has 2 amide bonds. The molecule has 2 atom stereocenters. The van der Waals surface area contributed by atoms with Crippen LogP contribution >= 0.6 is 0 Å². The molecule has 1 unspecified atom stereocenters. The van der Waals surface area contributed by atoms with Crippen LogP contribution in [0.3, 0.4) is 0 Å². The summed E-state index contributed by atoms with van der Waals surface area (Å²) in [7, 11) is 0. The van der Waals surface area contributed by atoms with Crippen LogP contribution in [0.15, 0.2) is 0 Å². The van der Waals surface area contributed by atoms with E-state index in [0.717, 1.165) is 19.1 Å². The molecule has 0 aromatic carbocycles. The van der Waals surface area contributed by atoms with Gasteiger partial charge in [0, 0.05) is 13.5 Å². The number of hydrogen-bond donors (Lipinski definition) is 1. The Balaban J connectivity index is 2.58. The Kier molecular flexibility index (Phi) is 3.82. The van der Waals surface area contributed by atoms with Crippen molar-refractivity contribution in [3.63, 3.8) is 0 Å². The topological polar surface area (TPSA) is 66.5 Å². The molecule has 0 radical (unpaired) electrons. The monoisotopic (exact) mass is 212 g/mol. The van der Waals surface area contributed by atoms with Gasteiger partial charge in [0.25, 0.3) is 0 Å². The summed E-state index contributed by atoms with van der Waals surface area (Å²) in [4.78, 5) is 34.8. The molecule has 0 aromatic heterocycles. The first-order valence-electron chi connectivity index (χ1n) is 5.09. The lowest BCUT2D eigenvalue weighted by atomic mass is 10.2. The average Bonchev–Trinajstić information content (AvgIpc) is 2.62. The van der Waals surface area contributed by atoms with Crippen molar-refractivity contribution in [1.82, 2.24) is 10.2 Å². The van der Waals surface area contributed by atoms with Crippen LogP contribution in [0.1, 0.15) is 26.7 Å². The summed E-state index contributed by atoms with van der Waals surface area (Å²) in [5.41, 5.74) is 0. The van der Waals surface area contributed by atoms with Crippen molar-refractivity contribution in [2.75, 3.05) is 6.54 Å². The Hall–Kier alpha value is -1.39. The van der Waals surface area contributed by atoms with Gasteiger partial charge in [-0.1, -0.05) is 0 Å². The molecule has 0 saturated carbocycles. The molecule has 1 saturated heterocycles. The SMILES string of the molecule is CC(=O)N[C@@H](C)C(=O)N1CCCC1C=O. The molecule has 0 aliphatic carbocycles. The van der Waals surface area contributed by atoms with E-state index in [1.165, 1.54) is 11.8 Å². The van der Waals surface area contributed by atoms with Crippen LogP contribution in [-0.4, -0.2) is 41.6 Å². The predicted octanol–water partition coefficient (Wildman–Crippen LogP) is -0.299. The van der Waals surface area contributed by atoms with E-state index in [1.54, 1.807) is 6.92 Å². The van der Waals surface area contributed by atoms with Crippen LogP contribution in [0.25, 0.3) is 0 Å². The molecule has 0 aromatic rings. The van der Waals surface area contributed by atoms with Gasteiger partial charge >= 0.3 is 0 Å². The lowest BCUT2D eigenvalue weighted by Crippen LogP contribution is -2.48. The summed E-state index contributed by atoms with van der Waals surface area (Å²) in [6.07, 6.45) is 2.37. The van der Waals surface area contributed by atoms with Gasteiger partial charge in [-0.25, -0.2) is 0 Å². The first kappa shape index (κ1) is 11.7. The van der Waals surface area contributed by atoms with Gasteiger partial charge < -0.3 is 15.0 Å². The zero-order chi connectivity index (χ0) is 11.4. The summed E-state index contributed by atoms with van der Waals surface area (Å²) >= 11 is 0. The lowest BCUT2D eigenvalue weighted by Gasteiger charge is -2.24. The highest BCUT2D eigenvalue weighted by molar-refractivity contribution is 5.88. The third-order valence-electron chi connectivity index (χ3n) is 2.53. The van der Waals surface area contributed by atoms with Crippen molar-refractivity contribution in [1.29, 1.82) is 0 Å². The van der Waals surface area contributed by atoms with Crippen molar-refractivity contribution in [3.05, 3.63) is 0 Å². The Morgan fingerprint density at radius 3 is 2.73 bits per heavy atom. The normalized spacial score (nSPS) is 22.3. The van der Waals surface area contributed by atoms with E-state index >= 15 is 0 Å². The van der Waals surface area contributed by atoms with E-state index in [0.29, 0.717) is 6.54 Å². The number of carbonyl (C=O) groups is 3. The van der Waals surface area contributed by atoms with E-state index in [4.69, 9.17) is 0 Å². The first-order chi connectivity index (χ1) is 7.06. The second-order valence-electron chi connectivity index (χ2n) is 3.80. The Labute approximate surface area is 88.8 Å². The van der Waals surface area contributed by atoms with Crippen molar-refractivity contribution < 1.29 is 14.4 Å². The number of amides is 2. The summed E-state index contributed by atoms with van der Waals surface area (Å²) in [5.74, 6) is -0.419. The molecular formula is C10H16N2O3. The standard InChI is InChI=1S/C10H16N2O3/c1-7(11-8(2)14)10(15)12-5-3-4-9(12)6-13/h6-7,9H,3-5H2,1-2H3,(H,11,14)/t7-,9?/m0/s1. The second-order valence-corrected chi connectivity index (χ2v) is 3.80. The maximum atomic E-state index is 11.8. The Morgan fingerprint density at radius 2 is 2.20 bits per heavy atom. The molecule has 15 heavy (non-hydrogen) atoms. The van der Waals surface area contributed by atoms with Gasteiger partial charge in [0.1, 0.15) is 12.3 Å². The van der Waals surface area contributed by atoms with E-state index in [-0.39, 0.29) is 17.9 Å². The average molecular weight is 212 g/mol. The lowest BCUT2D eigenvalue weighted by molar-refractivity contribution is -0.137. The number of nitrogens with one attached hydrogen (secondary N) is 1. The largest absolute Gasteiger partial charge is 0.345 e. The quantitative estimate of drug-likeness (QED) is 0.653. The van der Waals surface area contributed by atoms with E-state index in [1.807, 2.05) is 0 Å². The van der Waals surface area contributed by atoms with Crippen LogP contribution in [0.5, 0.6) is 0 Å². The van der Waals surface area contributed by atoms with Crippen LogP contribution in [0, 0.1) is 0 Å². The summed E-state index contributed by atoms with van der Waals surface area (Å²) in [6.45, 7) is 3.60. The first-order valence-corrected chi connectivity index (χ1v) is 5.09. The van der Waals surface area contributed by atoms with Crippen LogP contribution in [0.4, 0.5) is 0 Å². The van der Waals surface area contributed by atoms with E-state index < -0.39 is 6.04 Å². The molecule has 5 nitrogen and oxygen atoms in total. The van der Waals surface area contributed by atoms with Crippen LogP contribution in [-0.2, 0) is 14.4 Å². The van der Waals surface area contributed by atoms with E-state index in [2.05, 4.69) is 5.32 Å². The molecule has 5 heteroatoms. The highest BCUT2D eigenvalue weighted by atomic mass is 16.2. The van der Waals surface area contributed by atoms with Gasteiger partial charge in [-0.15, -0.1) is 0 Å². The molecule has 1 rings (SSSR count). The van der Waals surface area contributed by atoms with Gasteiger partial charge in [0.2, 0.25) is 11.8 Å².